The fourth-order valence-corrected chi connectivity index (χ4v) is 2.40. The Hall–Kier alpha value is -3.70. The third-order valence-corrected chi connectivity index (χ3v) is 3.80. The number of likely N-dealkylation sites (N-methyl/N-ethyl adjacent to an activating group) is 1. The van der Waals surface area contributed by atoms with Crippen LogP contribution in [-0.4, -0.2) is 35.8 Å². The predicted molar refractivity (Wildman–Crippen MR) is 101 cm³/mol. The normalized spacial score (nSPS) is 11.1. The van der Waals surface area contributed by atoms with Gasteiger partial charge in [0.05, 0.1) is 16.1 Å². The second-order valence-corrected chi connectivity index (χ2v) is 6.13. The lowest BCUT2D eigenvalue weighted by molar-refractivity contribution is -0.385. The number of esters is 1. The van der Waals surface area contributed by atoms with Gasteiger partial charge in [0.1, 0.15) is 6.07 Å². The van der Waals surface area contributed by atoms with E-state index < -0.39 is 33.8 Å². The van der Waals surface area contributed by atoms with Gasteiger partial charge in [0.15, 0.2) is 11.3 Å². The summed E-state index contributed by atoms with van der Waals surface area (Å²) in [6.45, 7) is 0. The molecule has 0 aliphatic rings. The second kappa shape index (κ2) is 8.79. The summed E-state index contributed by atoms with van der Waals surface area (Å²) in [7, 11) is 2.79. The molecular weight excluding hydrogens is 386 g/mol. The fraction of sp³-hybridized carbons (Fsp3) is 0.105. The lowest BCUT2D eigenvalue weighted by Gasteiger charge is -2.15. The van der Waals surface area contributed by atoms with E-state index in [1.807, 2.05) is 0 Å². The Balaban J connectivity index is 2.71. The van der Waals surface area contributed by atoms with Crippen LogP contribution in [0.2, 0.25) is 5.02 Å². The van der Waals surface area contributed by atoms with E-state index in [1.54, 1.807) is 24.3 Å². The lowest BCUT2D eigenvalue weighted by atomic mass is 10.1. The van der Waals surface area contributed by atoms with Crippen LogP contribution in [0.25, 0.3) is 5.76 Å². The van der Waals surface area contributed by atoms with Gasteiger partial charge in [0.25, 0.3) is 11.6 Å². The summed E-state index contributed by atoms with van der Waals surface area (Å²) in [5, 5.41) is 21.0. The van der Waals surface area contributed by atoms with Gasteiger partial charge in [-0.25, -0.2) is 4.79 Å². The highest BCUT2D eigenvalue weighted by molar-refractivity contribution is 6.30. The van der Waals surface area contributed by atoms with Gasteiger partial charge in [-0.2, -0.15) is 5.26 Å². The summed E-state index contributed by atoms with van der Waals surface area (Å²) >= 11 is 5.83. The summed E-state index contributed by atoms with van der Waals surface area (Å²) in [4.78, 5) is 36.7. The first-order chi connectivity index (χ1) is 13.3. The van der Waals surface area contributed by atoms with Gasteiger partial charge in [0.2, 0.25) is 0 Å². The number of benzene rings is 2. The van der Waals surface area contributed by atoms with Crippen molar-refractivity contribution >= 4 is 34.9 Å². The molecule has 0 spiro atoms. The molecule has 0 aliphatic heterocycles. The Labute approximate surface area is 165 Å². The molecule has 9 heteroatoms. The molecule has 0 fully saturated rings. The summed E-state index contributed by atoms with van der Waals surface area (Å²) in [5.41, 5.74) is -1.14. The number of nitro groups is 1. The van der Waals surface area contributed by atoms with Crippen molar-refractivity contribution in [2.45, 2.75) is 0 Å². The van der Waals surface area contributed by atoms with Gasteiger partial charge in [0, 0.05) is 25.2 Å². The molecule has 0 unspecified atom stereocenters. The van der Waals surface area contributed by atoms with Gasteiger partial charge in [-0.15, -0.1) is 0 Å². The predicted octanol–water partition coefficient (Wildman–Crippen LogP) is 3.43. The van der Waals surface area contributed by atoms with Crippen molar-refractivity contribution in [2.75, 3.05) is 14.1 Å². The number of hydrogen-bond donors (Lipinski definition) is 0. The average molecular weight is 400 g/mol. The van der Waals surface area contributed by atoms with Crippen molar-refractivity contribution in [1.82, 2.24) is 4.90 Å². The van der Waals surface area contributed by atoms with Crippen LogP contribution in [0.3, 0.4) is 0 Å². The zero-order valence-electron chi connectivity index (χ0n) is 14.9. The number of rotatable bonds is 5. The quantitative estimate of drug-likeness (QED) is 0.190. The number of nitro benzene ring substituents is 1. The van der Waals surface area contributed by atoms with Crippen molar-refractivity contribution < 1.29 is 19.2 Å². The van der Waals surface area contributed by atoms with Crippen molar-refractivity contribution in [2.24, 2.45) is 0 Å². The molecule has 8 nitrogen and oxygen atoms in total. The third-order valence-electron chi connectivity index (χ3n) is 3.56. The lowest BCUT2D eigenvalue weighted by Crippen LogP contribution is -2.24. The molecule has 2 aromatic rings. The first-order valence-electron chi connectivity index (χ1n) is 7.83. The SMILES string of the molecule is CN(C)C(=O)/C(C#N)=C(\OC(=O)c1ccccc1)c1ccc(Cl)cc1[N+](=O)[O-]. The van der Waals surface area contributed by atoms with Crippen LogP contribution in [0.4, 0.5) is 5.69 Å². The number of nitriles is 1. The van der Waals surface area contributed by atoms with Crippen LogP contribution in [0.1, 0.15) is 15.9 Å². The summed E-state index contributed by atoms with van der Waals surface area (Å²) in [5.74, 6) is -2.17. The molecule has 0 atom stereocenters. The maximum atomic E-state index is 12.5. The summed E-state index contributed by atoms with van der Waals surface area (Å²) < 4.78 is 5.30. The monoisotopic (exact) mass is 399 g/mol. The largest absolute Gasteiger partial charge is 0.420 e. The smallest absolute Gasteiger partial charge is 0.343 e. The van der Waals surface area contributed by atoms with E-state index in [1.165, 1.54) is 38.4 Å². The average Bonchev–Trinajstić information content (AvgIpc) is 2.68. The zero-order valence-corrected chi connectivity index (χ0v) is 15.6. The number of halogens is 1. The molecule has 0 saturated carbocycles. The Bertz CT molecular complexity index is 1010. The Morgan fingerprint density at radius 3 is 2.36 bits per heavy atom. The van der Waals surface area contributed by atoms with Crippen LogP contribution < -0.4 is 0 Å². The van der Waals surface area contributed by atoms with E-state index in [0.29, 0.717) is 0 Å². The molecule has 0 saturated heterocycles. The number of nitrogens with zero attached hydrogens (tertiary/aromatic N) is 3. The number of ether oxygens (including phenoxy) is 1. The first-order valence-corrected chi connectivity index (χ1v) is 8.21. The summed E-state index contributed by atoms with van der Waals surface area (Å²) in [6.07, 6.45) is 0. The Kier molecular flexibility index (Phi) is 6.47. The molecule has 0 aliphatic carbocycles. The third kappa shape index (κ3) is 4.52. The van der Waals surface area contributed by atoms with E-state index in [9.17, 15) is 25.0 Å². The van der Waals surface area contributed by atoms with Crippen LogP contribution in [0.5, 0.6) is 0 Å². The van der Waals surface area contributed by atoms with Crippen LogP contribution in [0, 0.1) is 21.4 Å². The Morgan fingerprint density at radius 2 is 1.82 bits per heavy atom. The molecule has 2 aromatic carbocycles. The molecule has 1 amide bonds. The molecule has 0 radical (unpaired) electrons. The molecule has 142 valence electrons. The fourth-order valence-electron chi connectivity index (χ4n) is 2.23. The molecule has 28 heavy (non-hydrogen) atoms. The van der Waals surface area contributed by atoms with E-state index in [2.05, 4.69) is 0 Å². The maximum absolute atomic E-state index is 12.5. The van der Waals surface area contributed by atoms with Gasteiger partial charge in [-0.05, 0) is 24.3 Å². The minimum atomic E-state index is -0.876. The van der Waals surface area contributed by atoms with Crippen molar-refractivity contribution in [3.8, 4) is 6.07 Å². The number of carbonyl (C=O) groups is 2. The van der Waals surface area contributed by atoms with Crippen LogP contribution >= 0.6 is 11.6 Å². The first kappa shape index (κ1) is 20.6. The van der Waals surface area contributed by atoms with E-state index >= 15 is 0 Å². The van der Waals surface area contributed by atoms with E-state index in [0.717, 1.165) is 11.0 Å². The molecule has 0 heterocycles. The van der Waals surface area contributed by atoms with E-state index in [4.69, 9.17) is 16.3 Å². The second-order valence-electron chi connectivity index (χ2n) is 5.69. The number of hydrogen-bond acceptors (Lipinski definition) is 6. The minimum absolute atomic E-state index is 0.0710. The van der Waals surface area contributed by atoms with Crippen molar-refractivity contribution in [1.29, 1.82) is 5.26 Å². The van der Waals surface area contributed by atoms with Gasteiger partial charge in [-0.3, -0.25) is 14.9 Å². The topological polar surface area (TPSA) is 114 Å². The highest BCUT2D eigenvalue weighted by Gasteiger charge is 2.28. The molecule has 0 aromatic heterocycles. The highest BCUT2D eigenvalue weighted by atomic mass is 35.5. The number of amides is 1. The van der Waals surface area contributed by atoms with Crippen molar-refractivity contribution in [3.05, 3.63) is 80.4 Å². The Morgan fingerprint density at radius 1 is 1.18 bits per heavy atom. The molecule has 0 N–H and O–H groups in total. The van der Waals surface area contributed by atoms with Gasteiger partial charge < -0.3 is 9.64 Å². The minimum Gasteiger partial charge on any atom is -0.420 e. The maximum Gasteiger partial charge on any atom is 0.343 e. The summed E-state index contributed by atoms with van der Waals surface area (Å²) in [6, 6.07) is 13.1. The standard InChI is InChI=1S/C19H14ClN3O5/c1-22(2)18(24)15(11-21)17(28-19(25)12-6-4-3-5-7-12)14-9-8-13(20)10-16(14)23(26)27/h3-10H,1-2H3/b17-15-. The zero-order chi connectivity index (χ0) is 20.8. The van der Waals surface area contributed by atoms with Gasteiger partial charge >= 0.3 is 5.97 Å². The van der Waals surface area contributed by atoms with E-state index in [-0.39, 0.29) is 16.1 Å². The van der Waals surface area contributed by atoms with Crippen molar-refractivity contribution in [3.63, 3.8) is 0 Å². The van der Waals surface area contributed by atoms with Crippen LogP contribution in [-0.2, 0) is 9.53 Å². The number of carbonyl (C=O) groups excluding carboxylic acids is 2. The highest BCUT2D eigenvalue weighted by Crippen LogP contribution is 2.32. The van der Waals surface area contributed by atoms with Gasteiger partial charge in [-0.1, -0.05) is 29.8 Å². The molecule has 2 rings (SSSR count). The van der Waals surface area contributed by atoms with Crippen LogP contribution in [0.15, 0.2) is 54.1 Å². The molecule has 0 bridgehead atoms. The molecular formula is C19H14ClN3O5.